The topological polar surface area (TPSA) is 71.5 Å². The van der Waals surface area contributed by atoms with Crippen LogP contribution in [0.2, 0.25) is 0 Å². The standard InChI is InChI=1S/C22H26N2O3S/c1-11-15-8-9-22(3)10-16-18(12(2)17(22)19(15)27-20(11)26)24-21(28-16)23-13-4-6-14(25)7-5-13/h4-7,11-12,15,17,19,25H,8-10H2,1-3H3,(H,23,24)/t11-,12+,15-,17+,19+,22+/m0/s1. The molecule has 5 nitrogen and oxygen atoms in total. The van der Waals surface area contributed by atoms with Gasteiger partial charge in [-0.2, -0.15) is 0 Å². The van der Waals surface area contributed by atoms with Gasteiger partial charge < -0.3 is 15.2 Å². The predicted molar refractivity (Wildman–Crippen MR) is 109 cm³/mol. The molecule has 1 aliphatic heterocycles. The second kappa shape index (κ2) is 6.21. The van der Waals surface area contributed by atoms with E-state index in [1.165, 1.54) is 4.88 Å². The number of aromatic hydroxyl groups is 1. The number of nitrogens with zero attached hydrogens (tertiary/aromatic N) is 1. The normalized spacial score (nSPS) is 36.2. The Labute approximate surface area is 169 Å². The average Bonchev–Trinajstić information content (AvgIpc) is 3.17. The van der Waals surface area contributed by atoms with E-state index >= 15 is 0 Å². The number of carbonyl (C=O) groups is 1. The summed E-state index contributed by atoms with van der Waals surface area (Å²) in [5.74, 6) is 1.20. The second-order valence-corrected chi connectivity index (χ2v) is 10.1. The van der Waals surface area contributed by atoms with Gasteiger partial charge >= 0.3 is 5.97 Å². The highest BCUT2D eigenvalue weighted by Crippen LogP contribution is 2.59. The zero-order valence-corrected chi connectivity index (χ0v) is 17.3. The van der Waals surface area contributed by atoms with E-state index in [4.69, 9.17) is 9.72 Å². The molecule has 1 saturated carbocycles. The molecule has 1 aromatic carbocycles. The van der Waals surface area contributed by atoms with Gasteiger partial charge in [0.05, 0.1) is 11.6 Å². The number of phenols is 1. The summed E-state index contributed by atoms with van der Waals surface area (Å²) in [5.41, 5.74) is 2.23. The smallest absolute Gasteiger partial charge is 0.309 e. The molecule has 6 heteroatoms. The number of aromatic nitrogens is 1. The number of anilines is 2. The number of rotatable bonds is 2. The van der Waals surface area contributed by atoms with Crippen LogP contribution in [0.1, 0.15) is 50.1 Å². The number of benzene rings is 1. The molecule has 3 aliphatic rings. The Morgan fingerprint density at radius 3 is 2.75 bits per heavy atom. The molecule has 2 aromatic rings. The Hall–Kier alpha value is -2.08. The number of phenolic OH excluding ortho intramolecular Hbond substituents is 1. The fourth-order valence-corrected chi connectivity index (χ4v) is 7.08. The molecule has 148 valence electrons. The highest BCUT2D eigenvalue weighted by molar-refractivity contribution is 7.15. The molecule has 0 radical (unpaired) electrons. The zero-order chi connectivity index (χ0) is 19.6. The van der Waals surface area contributed by atoms with Crippen molar-refractivity contribution in [3.05, 3.63) is 34.8 Å². The summed E-state index contributed by atoms with van der Waals surface area (Å²) in [6.07, 6.45) is 3.24. The van der Waals surface area contributed by atoms with E-state index in [0.29, 0.717) is 11.8 Å². The quantitative estimate of drug-likeness (QED) is 0.559. The van der Waals surface area contributed by atoms with Gasteiger partial charge in [-0.1, -0.05) is 20.8 Å². The Bertz CT molecular complexity index is 924. The maximum Gasteiger partial charge on any atom is 0.309 e. The third-order valence-corrected chi connectivity index (χ3v) is 8.26. The van der Waals surface area contributed by atoms with Gasteiger partial charge in [0.25, 0.3) is 0 Å². The summed E-state index contributed by atoms with van der Waals surface area (Å²) >= 11 is 1.73. The van der Waals surface area contributed by atoms with Crippen LogP contribution in [0.15, 0.2) is 24.3 Å². The molecule has 2 N–H and O–H groups in total. The number of nitrogens with one attached hydrogen (secondary N) is 1. The van der Waals surface area contributed by atoms with Crippen LogP contribution in [0.3, 0.4) is 0 Å². The second-order valence-electron chi connectivity index (χ2n) is 9.04. The van der Waals surface area contributed by atoms with Gasteiger partial charge in [-0.05, 0) is 48.9 Å². The molecule has 2 heterocycles. The largest absolute Gasteiger partial charge is 0.508 e. The van der Waals surface area contributed by atoms with Gasteiger partial charge in [0, 0.05) is 28.3 Å². The van der Waals surface area contributed by atoms with Crippen LogP contribution in [0.25, 0.3) is 0 Å². The minimum absolute atomic E-state index is 0.0188. The SMILES string of the molecule is C[C@@H]1C(=O)O[C@@H]2[C@H]1CC[C@]1(C)Cc3sc(Nc4ccc(O)cc4)nc3[C@H](C)[C@H]21. The minimum Gasteiger partial charge on any atom is -0.508 e. The number of hydrogen-bond donors (Lipinski definition) is 2. The van der Waals surface area contributed by atoms with Crippen molar-refractivity contribution in [1.82, 2.24) is 4.98 Å². The molecule has 0 bridgehead atoms. The van der Waals surface area contributed by atoms with Crippen molar-refractivity contribution in [1.29, 1.82) is 0 Å². The van der Waals surface area contributed by atoms with E-state index < -0.39 is 0 Å². The molecule has 1 saturated heterocycles. The van der Waals surface area contributed by atoms with Crippen LogP contribution >= 0.6 is 11.3 Å². The van der Waals surface area contributed by atoms with Crippen molar-refractivity contribution in [2.75, 3.05) is 5.32 Å². The first-order valence-corrected chi connectivity index (χ1v) is 10.9. The van der Waals surface area contributed by atoms with Crippen molar-refractivity contribution in [3.8, 4) is 5.75 Å². The van der Waals surface area contributed by atoms with Gasteiger partial charge in [0.2, 0.25) is 0 Å². The van der Waals surface area contributed by atoms with Crippen molar-refractivity contribution < 1.29 is 14.6 Å². The van der Waals surface area contributed by atoms with Crippen LogP contribution in [-0.4, -0.2) is 22.2 Å². The van der Waals surface area contributed by atoms with Gasteiger partial charge in [-0.25, -0.2) is 4.98 Å². The lowest BCUT2D eigenvalue weighted by Crippen LogP contribution is -2.50. The maximum absolute atomic E-state index is 12.2. The van der Waals surface area contributed by atoms with Crippen molar-refractivity contribution >= 4 is 28.1 Å². The minimum atomic E-state index is -0.0230. The Morgan fingerprint density at radius 1 is 1.25 bits per heavy atom. The Kier molecular flexibility index (Phi) is 3.99. The summed E-state index contributed by atoms with van der Waals surface area (Å²) in [5, 5.41) is 13.7. The number of ether oxygens (including phenoxy) is 1. The highest BCUT2D eigenvalue weighted by atomic mass is 32.1. The van der Waals surface area contributed by atoms with Gasteiger partial charge in [0.15, 0.2) is 5.13 Å². The summed E-state index contributed by atoms with van der Waals surface area (Å²) < 4.78 is 5.91. The fourth-order valence-electron chi connectivity index (χ4n) is 5.80. The lowest BCUT2D eigenvalue weighted by atomic mass is 9.54. The molecule has 0 unspecified atom stereocenters. The van der Waals surface area contributed by atoms with Crippen molar-refractivity contribution in [2.45, 2.75) is 52.1 Å². The zero-order valence-electron chi connectivity index (χ0n) is 16.4. The molecular formula is C22H26N2O3S. The molecule has 5 rings (SSSR count). The Balaban J connectivity index is 1.46. The monoisotopic (exact) mass is 398 g/mol. The van der Waals surface area contributed by atoms with E-state index in [0.717, 1.165) is 35.8 Å². The van der Waals surface area contributed by atoms with Gasteiger partial charge in [0.1, 0.15) is 11.9 Å². The predicted octanol–water partition coefficient (Wildman–Crippen LogP) is 4.85. The summed E-state index contributed by atoms with van der Waals surface area (Å²) in [6, 6.07) is 7.04. The Morgan fingerprint density at radius 2 is 2.00 bits per heavy atom. The average molecular weight is 399 g/mol. The number of hydrogen-bond acceptors (Lipinski definition) is 6. The maximum atomic E-state index is 12.2. The summed E-state index contributed by atoms with van der Waals surface area (Å²) in [4.78, 5) is 18.5. The van der Waals surface area contributed by atoms with Crippen LogP contribution in [0, 0.1) is 23.2 Å². The van der Waals surface area contributed by atoms with E-state index in [-0.39, 0.29) is 35.1 Å². The van der Waals surface area contributed by atoms with Crippen LogP contribution in [0.5, 0.6) is 5.75 Å². The first-order valence-electron chi connectivity index (χ1n) is 10.1. The lowest BCUT2D eigenvalue weighted by molar-refractivity contribution is -0.149. The molecule has 0 amide bonds. The molecule has 28 heavy (non-hydrogen) atoms. The number of esters is 1. The summed E-state index contributed by atoms with van der Waals surface area (Å²) in [6.45, 7) is 6.65. The molecule has 6 atom stereocenters. The summed E-state index contributed by atoms with van der Waals surface area (Å²) in [7, 11) is 0. The van der Waals surface area contributed by atoms with E-state index in [1.54, 1.807) is 23.5 Å². The van der Waals surface area contributed by atoms with Crippen LogP contribution < -0.4 is 5.32 Å². The highest BCUT2D eigenvalue weighted by Gasteiger charge is 2.58. The lowest BCUT2D eigenvalue weighted by Gasteiger charge is -2.51. The number of fused-ring (bicyclic) bond motifs is 4. The number of carbonyl (C=O) groups excluding carboxylic acids is 1. The van der Waals surface area contributed by atoms with E-state index in [2.05, 4.69) is 19.2 Å². The number of thiazole rings is 1. The molecule has 1 aromatic heterocycles. The van der Waals surface area contributed by atoms with Crippen molar-refractivity contribution in [3.63, 3.8) is 0 Å². The first-order chi connectivity index (χ1) is 13.4. The van der Waals surface area contributed by atoms with E-state index in [9.17, 15) is 9.90 Å². The van der Waals surface area contributed by atoms with Gasteiger partial charge in [-0.15, -0.1) is 11.3 Å². The molecule has 0 spiro atoms. The third kappa shape index (κ3) is 2.65. The first kappa shape index (κ1) is 18.0. The fraction of sp³-hybridized carbons (Fsp3) is 0.545. The molecular weight excluding hydrogens is 372 g/mol. The van der Waals surface area contributed by atoms with Gasteiger partial charge in [-0.3, -0.25) is 4.79 Å². The van der Waals surface area contributed by atoms with Crippen molar-refractivity contribution in [2.24, 2.45) is 23.2 Å². The van der Waals surface area contributed by atoms with E-state index in [1.807, 2.05) is 19.1 Å². The molecule has 2 aliphatic carbocycles. The third-order valence-electron chi connectivity index (χ3n) is 7.28. The molecule has 2 fully saturated rings. The van der Waals surface area contributed by atoms with Crippen LogP contribution in [0.4, 0.5) is 10.8 Å². The van der Waals surface area contributed by atoms with Crippen LogP contribution in [-0.2, 0) is 16.0 Å².